The molecule has 0 aromatic heterocycles. The summed E-state index contributed by atoms with van der Waals surface area (Å²) in [4.78, 5) is 3.97. The van der Waals surface area contributed by atoms with Crippen LogP contribution in [0.25, 0.3) is 0 Å². The second-order valence-corrected chi connectivity index (χ2v) is 7.84. The first-order valence-corrected chi connectivity index (χ1v) is 4.05. The monoisotopic (exact) mass is 164 g/mol. The van der Waals surface area contributed by atoms with Crippen molar-refractivity contribution in [2.45, 2.75) is 0 Å². The summed E-state index contributed by atoms with van der Waals surface area (Å²) in [5, 5.41) is 0. The summed E-state index contributed by atoms with van der Waals surface area (Å²) in [5.41, 5.74) is 0. The molecular weight excluding hydrogens is 156 g/mol. The van der Waals surface area contributed by atoms with Gasteiger partial charge < -0.3 is 16.2 Å². The first kappa shape index (κ1) is 8.09. The SMILES string of the molecule is [Cl-].[SiH3][N+]1([SiH3])C=CN=C1. The van der Waals surface area contributed by atoms with Crippen molar-refractivity contribution in [2.75, 3.05) is 0 Å². The summed E-state index contributed by atoms with van der Waals surface area (Å²) in [6.07, 6.45) is 6.01. The lowest BCUT2D eigenvalue weighted by Gasteiger charge is -2.16. The molecule has 5 heteroatoms. The molecule has 0 atom stereocenters. The van der Waals surface area contributed by atoms with Crippen molar-refractivity contribution in [1.82, 2.24) is 0 Å². The van der Waals surface area contributed by atoms with E-state index in [-0.39, 0.29) is 12.4 Å². The molecular formula is C3H9ClN2Si2. The summed E-state index contributed by atoms with van der Waals surface area (Å²) in [7, 11) is 2.35. The Morgan fingerprint density at radius 3 is 2.12 bits per heavy atom. The normalized spacial score (nSPS) is 33.5. The highest BCUT2D eigenvalue weighted by atomic mass is 35.5. The molecule has 0 radical (unpaired) electrons. The average molecular weight is 165 g/mol. The number of hydrogen-bond acceptors (Lipinski definition) is 1. The van der Waals surface area contributed by atoms with E-state index in [1.165, 1.54) is 20.8 Å². The van der Waals surface area contributed by atoms with Crippen molar-refractivity contribution < 1.29 is 16.2 Å². The van der Waals surface area contributed by atoms with E-state index >= 15 is 0 Å². The van der Waals surface area contributed by atoms with E-state index in [4.69, 9.17) is 0 Å². The maximum atomic E-state index is 3.97. The summed E-state index contributed by atoms with van der Waals surface area (Å²) in [5.74, 6) is 0. The van der Waals surface area contributed by atoms with Crippen LogP contribution in [-0.2, 0) is 0 Å². The van der Waals surface area contributed by atoms with Gasteiger partial charge in [0, 0.05) is 0 Å². The number of quaternary nitrogens is 1. The Morgan fingerprint density at radius 2 is 2.00 bits per heavy atom. The maximum Gasteiger partial charge on any atom is 0.231 e. The predicted octanol–water partition coefficient (Wildman–Crippen LogP) is -5.12. The van der Waals surface area contributed by atoms with Gasteiger partial charge in [-0.3, -0.25) is 0 Å². The first-order chi connectivity index (χ1) is 3.21. The first-order valence-electron chi connectivity index (χ1n) is 2.26. The molecule has 8 heavy (non-hydrogen) atoms. The van der Waals surface area contributed by atoms with Crippen molar-refractivity contribution in [3.05, 3.63) is 12.4 Å². The van der Waals surface area contributed by atoms with Gasteiger partial charge in [-0.15, -0.1) is 0 Å². The third-order valence-electron chi connectivity index (χ3n) is 0.901. The van der Waals surface area contributed by atoms with Gasteiger partial charge in [-0.25, -0.2) is 4.99 Å². The van der Waals surface area contributed by atoms with Gasteiger partial charge in [-0.2, -0.15) is 0 Å². The van der Waals surface area contributed by atoms with Gasteiger partial charge in [0.05, 0.1) is 12.4 Å². The van der Waals surface area contributed by atoms with Crippen LogP contribution in [0.2, 0.25) is 0 Å². The van der Waals surface area contributed by atoms with Gasteiger partial charge in [0.15, 0.2) is 6.34 Å². The van der Waals surface area contributed by atoms with Crippen molar-refractivity contribution >= 4 is 27.1 Å². The fraction of sp³-hybridized carbons (Fsp3) is 0. The highest BCUT2D eigenvalue weighted by molar-refractivity contribution is 6.20. The topological polar surface area (TPSA) is 12.4 Å². The minimum Gasteiger partial charge on any atom is -1.00 e. The van der Waals surface area contributed by atoms with Gasteiger partial charge >= 0.3 is 0 Å². The number of hydrogen-bond donors (Lipinski definition) is 0. The molecule has 0 bridgehead atoms. The van der Waals surface area contributed by atoms with Crippen LogP contribution in [-0.4, -0.2) is 31.0 Å². The molecule has 0 aliphatic carbocycles. The van der Waals surface area contributed by atoms with E-state index < -0.39 is 0 Å². The van der Waals surface area contributed by atoms with Crippen LogP contribution in [0.4, 0.5) is 0 Å². The summed E-state index contributed by atoms with van der Waals surface area (Å²) in [6, 6.07) is 0. The second kappa shape index (κ2) is 2.59. The van der Waals surface area contributed by atoms with Crippen molar-refractivity contribution in [3.8, 4) is 0 Å². The largest absolute Gasteiger partial charge is 1.00 e. The molecule has 1 aliphatic heterocycles. The lowest BCUT2D eigenvalue weighted by atomic mass is 11.0. The quantitative estimate of drug-likeness (QED) is 0.318. The van der Waals surface area contributed by atoms with Crippen LogP contribution < -0.4 is 12.4 Å². The maximum absolute atomic E-state index is 3.97. The molecule has 0 saturated carbocycles. The lowest BCUT2D eigenvalue weighted by Crippen LogP contribution is -3.00. The van der Waals surface area contributed by atoms with Crippen LogP contribution in [0.15, 0.2) is 17.4 Å². The Kier molecular flexibility index (Phi) is 2.62. The number of aliphatic imine (C=N–C) groups is 1. The smallest absolute Gasteiger partial charge is 0.231 e. The zero-order valence-electron chi connectivity index (χ0n) is 5.00. The molecule has 0 spiro atoms. The fourth-order valence-corrected chi connectivity index (χ4v) is 0.992. The number of rotatable bonds is 0. The molecule has 0 aromatic rings. The summed E-state index contributed by atoms with van der Waals surface area (Å²) < 4.78 is 1.06. The van der Waals surface area contributed by atoms with Crippen molar-refractivity contribution in [3.63, 3.8) is 0 Å². The Morgan fingerprint density at radius 1 is 1.38 bits per heavy atom. The summed E-state index contributed by atoms with van der Waals surface area (Å²) in [6.45, 7) is 0. The van der Waals surface area contributed by atoms with Crippen LogP contribution in [0.3, 0.4) is 0 Å². The molecule has 0 aromatic carbocycles. The predicted molar refractivity (Wildman–Crippen MR) is 37.8 cm³/mol. The van der Waals surface area contributed by atoms with Crippen molar-refractivity contribution in [1.29, 1.82) is 0 Å². The molecule has 46 valence electrons. The van der Waals surface area contributed by atoms with E-state index in [0.29, 0.717) is 0 Å². The molecule has 0 N–H and O–H groups in total. The van der Waals surface area contributed by atoms with Gasteiger partial charge in [0.25, 0.3) is 0 Å². The van der Waals surface area contributed by atoms with E-state index in [2.05, 4.69) is 11.2 Å². The molecule has 0 saturated heterocycles. The molecule has 1 heterocycles. The average Bonchev–Trinajstić information content (AvgIpc) is 1.84. The minimum absolute atomic E-state index is 0. The molecule has 1 aliphatic rings. The van der Waals surface area contributed by atoms with Gasteiger partial charge in [-0.05, 0) is 0 Å². The third kappa shape index (κ3) is 1.91. The fourth-order valence-electron chi connectivity index (χ4n) is 0.459. The zero-order valence-corrected chi connectivity index (χ0v) is 9.76. The van der Waals surface area contributed by atoms with Crippen LogP contribution in [0.5, 0.6) is 0 Å². The Labute approximate surface area is 61.3 Å². The standard InChI is InChI=1S/C3H9N2Si2.ClH/c6-5(7)2-1-4-3-5;/h1-3H,6-7H3;1H/q+1;/p-1. The van der Waals surface area contributed by atoms with E-state index in [1.807, 2.05) is 12.5 Å². The zero-order chi connectivity index (χ0) is 5.33. The van der Waals surface area contributed by atoms with E-state index in [9.17, 15) is 0 Å². The van der Waals surface area contributed by atoms with Crippen LogP contribution in [0, 0.1) is 0 Å². The van der Waals surface area contributed by atoms with Crippen molar-refractivity contribution in [2.24, 2.45) is 4.99 Å². The minimum atomic E-state index is 0. The Bertz CT molecular complexity index is 117. The van der Waals surface area contributed by atoms with Crippen LogP contribution in [0.1, 0.15) is 0 Å². The van der Waals surface area contributed by atoms with Gasteiger partial charge in [-0.1, -0.05) is 0 Å². The number of halogens is 1. The van der Waals surface area contributed by atoms with Crippen LogP contribution >= 0.6 is 0 Å². The van der Waals surface area contributed by atoms with Gasteiger partial charge in [0.2, 0.25) is 20.8 Å². The molecule has 1 rings (SSSR count). The Balaban J connectivity index is 0.000000490. The third-order valence-corrected chi connectivity index (χ3v) is 1.96. The Hall–Kier alpha value is 0.0938. The summed E-state index contributed by atoms with van der Waals surface area (Å²) >= 11 is 0. The van der Waals surface area contributed by atoms with E-state index in [1.54, 1.807) is 0 Å². The number of nitrogens with zero attached hydrogens (tertiary/aromatic N) is 2. The molecule has 0 amide bonds. The molecule has 0 unspecified atom stereocenters. The molecule has 2 nitrogen and oxygen atoms in total. The highest BCUT2D eigenvalue weighted by Gasteiger charge is 2.06. The molecule has 0 fully saturated rings. The van der Waals surface area contributed by atoms with E-state index in [0.717, 1.165) is 3.81 Å². The highest BCUT2D eigenvalue weighted by Crippen LogP contribution is 1.97. The second-order valence-electron chi connectivity index (χ2n) is 2.19. The lowest BCUT2D eigenvalue weighted by molar-refractivity contribution is -0.500. The van der Waals surface area contributed by atoms with Gasteiger partial charge in [0.1, 0.15) is 0 Å².